The number of likely N-dealkylation sites (tertiary alicyclic amines) is 1. The molecular weight excluding hydrogens is 324 g/mol. The van der Waals surface area contributed by atoms with Gasteiger partial charge in [-0.3, -0.25) is 4.90 Å². The quantitative estimate of drug-likeness (QED) is 0.895. The first kappa shape index (κ1) is 17.7. The van der Waals surface area contributed by atoms with Crippen molar-refractivity contribution in [2.24, 2.45) is 5.73 Å². The van der Waals surface area contributed by atoms with Gasteiger partial charge in [0.1, 0.15) is 0 Å². The van der Waals surface area contributed by atoms with Gasteiger partial charge >= 0.3 is 0 Å². The van der Waals surface area contributed by atoms with Crippen LogP contribution in [0.15, 0.2) is 28.8 Å². The fourth-order valence-electron chi connectivity index (χ4n) is 4.44. The van der Waals surface area contributed by atoms with Crippen LogP contribution in [0.25, 0.3) is 11.4 Å². The van der Waals surface area contributed by atoms with Crippen LogP contribution < -0.4 is 5.73 Å². The third-order valence-electron chi connectivity index (χ3n) is 6.03. The zero-order valence-corrected chi connectivity index (χ0v) is 15.8. The molecule has 1 aromatic heterocycles. The lowest BCUT2D eigenvalue weighted by molar-refractivity contribution is 0.221. The van der Waals surface area contributed by atoms with E-state index in [0.717, 1.165) is 24.9 Å². The number of benzene rings is 1. The van der Waals surface area contributed by atoms with Crippen molar-refractivity contribution in [3.05, 3.63) is 35.7 Å². The first-order valence-corrected chi connectivity index (χ1v) is 10.1. The van der Waals surface area contributed by atoms with Gasteiger partial charge in [-0.25, -0.2) is 0 Å². The minimum absolute atomic E-state index is 0.161. The van der Waals surface area contributed by atoms with E-state index in [-0.39, 0.29) is 11.5 Å². The first-order chi connectivity index (χ1) is 12.6. The Bertz CT molecular complexity index is 733. The van der Waals surface area contributed by atoms with Gasteiger partial charge in [-0.1, -0.05) is 42.6 Å². The number of hydrogen-bond acceptors (Lipinski definition) is 5. The third kappa shape index (κ3) is 3.84. The summed E-state index contributed by atoms with van der Waals surface area (Å²) in [6.45, 7) is 5.52. The number of aromatic nitrogens is 2. The van der Waals surface area contributed by atoms with E-state index in [2.05, 4.69) is 41.2 Å². The van der Waals surface area contributed by atoms with Crippen LogP contribution in [0.2, 0.25) is 0 Å². The van der Waals surface area contributed by atoms with Crippen molar-refractivity contribution in [1.82, 2.24) is 15.0 Å². The van der Waals surface area contributed by atoms with Crippen LogP contribution in [-0.4, -0.2) is 33.7 Å². The molecule has 140 valence electrons. The summed E-state index contributed by atoms with van der Waals surface area (Å²) in [4.78, 5) is 7.25. The van der Waals surface area contributed by atoms with E-state index in [1.54, 1.807) is 0 Å². The molecule has 5 heteroatoms. The molecule has 2 aliphatic rings. The predicted molar refractivity (Wildman–Crippen MR) is 103 cm³/mol. The van der Waals surface area contributed by atoms with Crippen molar-refractivity contribution >= 4 is 0 Å². The second kappa shape index (κ2) is 7.49. The summed E-state index contributed by atoms with van der Waals surface area (Å²) >= 11 is 0. The first-order valence-electron chi connectivity index (χ1n) is 10.1. The van der Waals surface area contributed by atoms with Crippen LogP contribution in [0.4, 0.5) is 0 Å². The van der Waals surface area contributed by atoms with Gasteiger partial charge in [0.15, 0.2) is 0 Å². The Labute approximate surface area is 156 Å². The molecule has 5 nitrogen and oxygen atoms in total. The van der Waals surface area contributed by atoms with E-state index in [9.17, 15) is 0 Å². The number of rotatable bonds is 4. The highest BCUT2D eigenvalue weighted by Crippen LogP contribution is 2.38. The van der Waals surface area contributed by atoms with Crippen LogP contribution in [0.5, 0.6) is 0 Å². The minimum atomic E-state index is -0.252. The van der Waals surface area contributed by atoms with Gasteiger partial charge in [-0.05, 0) is 57.3 Å². The number of nitrogens with zero attached hydrogens (tertiary/aromatic N) is 3. The van der Waals surface area contributed by atoms with Gasteiger partial charge in [0, 0.05) is 17.6 Å². The fraction of sp³-hybridized carbons (Fsp3) is 0.619. The molecule has 1 aliphatic carbocycles. The minimum Gasteiger partial charge on any atom is -0.339 e. The molecule has 0 spiro atoms. The van der Waals surface area contributed by atoms with E-state index < -0.39 is 0 Å². The van der Waals surface area contributed by atoms with Gasteiger partial charge in [0.2, 0.25) is 11.7 Å². The van der Waals surface area contributed by atoms with Crippen molar-refractivity contribution in [2.45, 2.75) is 69.9 Å². The summed E-state index contributed by atoms with van der Waals surface area (Å²) < 4.78 is 5.63. The zero-order valence-electron chi connectivity index (χ0n) is 15.8. The predicted octanol–water partition coefficient (Wildman–Crippen LogP) is 4.10. The highest BCUT2D eigenvalue weighted by Gasteiger charge is 2.37. The Morgan fingerprint density at radius 2 is 2.04 bits per heavy atom. The maximum atomic E-state index is 6.50. The normalized spacial score (nSPS) is 27.5. The summed E-state index contributed by atoms with van der Waals surface area (Å²) in [5.41, 5.74) is 8.59. The van der Waals surface area contributed by atoms with Crippen LogP contribution in [0.1, 0.15) is 69.2 Å². The van der Waals surface area contributed by atoms with E-state index in [1.165, 1.54) is 50.8 Å². The largest absolute Gasteiger partial charge is 0.339 e. The van der Waals surface area contributed by atoms with E-state index in [4.69, 9.17) is 15.2 Å². The molecule has 1 aliphatic heterocycles. The highest BCUT2D eigenvalue weighted by atomic mass is 16.5. The molecule has 2 unspecified atom stereocenters. The van der Waals surface area contributed by atoms with Crippen LogP contribution in [0.3, 0.4) is 0 Å². The summed E-state index contributed by atoms with van der Waals surface area (Å²) in [7, 11) is 0. The van der Waals surface area contributed by atoms with Crippen molar-refractivity contribution in [2.75, 3.05) is 13.1 Å². The van der Waals surface area contributed by atoms with E-state index in [1.807, 2.05) is 0 Å². The maximum absolute atomic E-state index is 6.50. The van der Waals surface area contributed by atoms with Crippen molar-refractivity contribution in [3.8, 4) is 11.4 Å². The third-order valence-corrected chi connectivity index (χ3v) is 6.03. The molecule has 0 amide bonds. The van der Waals surface area contributed by atoms with Crippen molar-refractivity contribution in [1.29, 1.82) is 0 Å². The lowest BCUT2D eigenvalue weighted by Crippen LogP contribution is -2.44. The molecule has 2 heterocycles. The number of piperidine rings is 1. The molecule has 1 aromatic carbocycles. The average molecular weight is 354 g/mol. The van der Waals surface area contributed by atoms with Gasteiger partial charge in [-0.15, -0.1) is 0 Å². The molecule has 2 aromatic rings. The molecule has 2 N–H and O–H groups in total. The molecule has 26 heavy (non-hydrogen) atoms. The molecule has 4 rings (SSSR count). The van der Waals surface area contributed by atoms with Crippen LogP contribution >= 0.6 is 0 Å². The lowest BCUT2D eigenvalue weighted by atomic mass is 9.74. The molecule has 0 bridgehead atoms. The smallest absolute Gasteiger partial charge is 0.231 e. The summed E-state index contributed by atoms with van der Waals surface area (Å²) in [6, 6.07) is 8.55. The molecule has 0 radical (unpaired) electrons. The molecule has 1 saturated carbocycles. The van der Waals surface area contributed by atoms with Crippen LogP contribution in [-0.2, 0) is 6.54 Å². The lowest BCUT2D eigenvalue weighted by Gasteiger charge is -2.35. The fourth-order valence-corrected chi connectivity index (χ4v) is 4.44. The van der Waals surface area contributed by atoms with Gasteiger partial charge < -0.3 is 10.3 Å². The van der Waals surface area contributed by atoms with Crippen molar-refractivity contribution < 1.29 is 4.52 Å². The number of nitrogens with two attached hydrogens (primary N) is 1. The van der Waals surface area contributed by atoms with Crippen LogP contribution in [0, 0.1) is 0 Å². The average Bonchev–Trinajstić information content (AvgIpc) is 3.12. The number of hydrogen-bond donors (Lipinski definition) is 1. The molecule has 2 atom stereocenters. The monoisotopic (exact) mass is 354 g/mol. The SMILES string of the molecule is CC1(N)CCCCC1c1nc(-c2cccc(CN3CCCCC3)c2)no1. The second-order valence-corrected chi connectivity index (χ2v) is 8.30. The highest BCUT2D eigenvalue weighted by molar-refractivity contribution is 5.55. The van der Waals surface area contributed by atoms with E-state index in [0.29, 0.717) is 11.7 Å². The van der Waals surface area contributed by atoms with Gasteiger partial charge in [0.05, 0.1) is 5.92 Å². The standard InChI is InChI=1S/C21H30N4O/c1-21(22)11-4-3-10-18(21)20-23-19(24-26-20)17-9-7-8-16(14-17)15-25-12-5-2-6-13-25/h7-9,14,18H,2-6,10-13,15,22H2,1H3. The Balaban J connectivity index is 1.51. The van der Waals surface area contributed by atoms with E-state index >= 15 is 0 Å². The Morgan fingerprint density at radius 1 is 1.19 bits per heavy atom. The second-order valence-electron chi connectivity index (χ2n) is 8.30. The Kier molecular flexibility index (Phi) is 5.09. The Hall–Kier alpha value is -1.72. The summed E-state index contributed by atoms with van der Waals surface area (Å²) in [5.74, 6) is 1.54. The summed E-state index contributed by atoms with van der Waals surface area (Å²) in [5, 5.41) is 4.26. The topological polar surface area (TPSA) is 68.2 Å². The molecule has 1 saturated heterocycles. The molecular formula is C21H30N4O. The maximum Gasteiger partial charge on any atom is 0.231 e. The van der Waals surface area contributed by atoms with Crippen molar-refractivity contribution in [3.63, 3.8) is 0 Å². The molecule has 2 fully saturated rings. The zero-order chi connectivity index (χ0) is 18.0. The summed E-state index contributed by atoms with van der Waals surface area (Å²) in [6.07, 6.45) is 8.40. The van der Waals surface area contributed by atoms with Gasteiger partial charge in [0.25, 0.3) is 0 Å². The Morgan fingerprint density at radius 3 is 2.85 bits per heavy atom. The van der Waals surface area contributed by atoms with Gasteiger partial charge in [-0.2, -0.15) is 4.98 Å².